The lowest BCUT2D eigenvalue weighted by Gasteiger charge is -2.03. The second-order valence-electron chi connectivity index (χ2n) is 2.78. The maximum absolute atomic E-state index is 5.60. The van der Waals surface area contributed by atoms with E-state index < -0.39 is 0 Å². The molecule has 0 unspecified atom stereocenters. The lowest BCUT2D eigenvalue weighted by atomic mass is 10.1. The number of hydrogen-bond donors (Lipinski definition) is 0. The molecule has 1 aromatic rings. The van der Waals surface area contributed by atoms with E-state index in [1.54, 1.807) is 0 Å². The van der Waals surface area contributed by atoms with Crippen LogP contribution in [0.1, 0.15) is 11.1 Å². The summed E-state index contributed by atoms with van der Waals surface area (Å²) in [6, 6.07) is 6.53. The molecule has 0 bridgehead atoms. The quantitative estimate of drug-likeness (QED) is 0.531. The minimum Gasteiger partial charge on any atom is -0.126 e. The van der Waals surface area contributed by atoms with Gasteiger partial charge in [-0.2, -0.15) is 0 Å². The van der Waals surface area contributed by atoms with Gasteiger partial charge in [0.25, 0.3) is 0 Å². The molecule has 0 saturated heterocycles. The van der Waals surface area contributed by atoms with E-state index in [1.807, 2.05) is 11.8 Å². The van der Waals surface area contributed by atoms with Crippen LogP contribution < -0.4 is 0 Å². The summed E-state index contributed by atoms with van der Waals surface area (Å²) in [7, 11) is 0. The van der Waals surface area contributed by atoms with Gasteiger partial charge < -0.3 is 0 Å². The molecule has 1 rings (SSSR count). The van der Waals surface area contributed by atoms with Crippen molar-refractivity contribution in [1.29, 1.82) is 0 Å². The maximum Gasteiger partial charge on any atom is 0.0317 e. The number of thioether (sulfide) groups is 1. The Morgan fingerprint density at radius 2 is 2.00 bits per heavy atom. The number of hydrogen-bond acceptors (Lipinski definition) is 1. The SMILES string of the molecule is Cc1ccc(SCCCl)cc1C. The van der Waals surface area contributed by atoms with Crippen LogP contribution >= 0.6 is 23.4 Å². The summed E-state index contributed by atoms with van der Waals surface area (Å²) < 4.78 is 0. The number of rotatable bonds is 3. The van der Waals surface area contributed by atoms with Crippen LogP contribution in [0.3, 0.4) is 0 Å². The lowest BCUT2D eigenvalue weighted by Crippen LogP contribution is -1.83. The second-order valence-corrected chi connectivity index (χ2v) is 4.33. The number of halogens is 1. The van der Waals surface area contributed by atoms with Crippen molar-refractivity contribution in [2.24, 2.45) is 0 Å². The monoisotopic (exact) mass is 200 g/mol. The van der Waals surface area contributed by atoms with E-state index in [0.29, 0.717) is 0 Å². The summed E-state index contributed by atoms with van der Waals surface area (Å²) in [6.07, 6.45) is 0. The highest BCUT2D eigenvalue weighted by Gasteiger charge is 1.95. The van der Waals surface area contributed by atoms with Gasteiger partial charge in [-0.25, -0.2) is 0 Å². The van der Waals surface area contributed by atoms with Gasteiger partial charge in [-0.05, 0) is 37.1 Å². The Labute approximate surface area is 83.3 Å². The third-order valence-electron chi connectivity index (χ3n) is 1.82. The standard InChI is InChI=1S/C10H13ClS/c1-8-3-4-10(7-9(8)2)12-6-5-11/h3-4,7H,5-6H2,1-2H3. The van der Waals surface area contributed by atoms with E-state index in [2.05, 4.69) is 32.0 Å². The van der Waals surface area contributed by atoms with Crippen LogP contribution in [0.4, 0.5) is 0 Å². The molecule has 0 spiro atoms. The first-order valence-electron chi connectivity index (χ1n) is 4.00. The van der Waals surface area contributed by atoms with Crippen molar-refractivity contribution in [2.45, 2.75) is 18.7 Å². The van der Waals surface area contributed by atoms with Crippen molar-refractivity contribution in [2.75, 3.05) is 11.6 Å². The van der Waals surface area contributed by atoms with Gasteiger partial charge in [0.2, 0.25) is 0 Å². The molecule has 0 aliphatic rings. The molecule has 0 radical (unpaired) electrons. The molecule has 0 fully saturated rings. The van der Waals surface area contributed by atoms with E-state index in [-0.39, 0.29) is 0 Å². The van der Waals surface area contributed by atoms with Crippen LogP contribution in [0.2, 0.25) is 0 Å². The summed E-state index contributed by atoms with van der Waals surface area (Å²) in [6.45, 7) is 4.27. The Morgan fingerprint density at radius 1 is 1.25 bits per heavy atom. The Kier molecular flexibility index (Phi) is 3.96. The topological polar surface area (TPSA) is 0 Å². The molecule has 1 aromatic carbocycles. The molecule has 0 aromatic heterocycles. The van der Waals surface area contributed by atoms with E-state index >= 15 is 0 Å². The maximum atomic E-state index is 5.60. The Bertz CT molecular complexity index is 258. The molecule has 0 aliphatic carbocycles. The molecule has 0 heterocycles. The van der Waals surface area contributed by atoms with Crippen LogP contribution in [0.15, 0.2) is 23.1 Å². The number of alkyl halides is 1. The average Bonchev–Trinajstić information content (AvgIpc) is 2.07. The second kappa shape index (κ2) is 4.78. The predicted molar refractivity (Wildman–Crippen MR) is 57.4 cm³/mol. The Balaban J connectivity index is 2.69. The molecule has 12 heavy (non-hydrogen) atoms. The summed E-state index contributed by atoms with van der Waals surface area (Å²) in [4.78, 5) is 1.32. The highest BCUT2D eigenvalue weighted by Crippen LogP contribution is 2.20. The van der Waals surface area contributed by atoms with Crippen LogP contribution in [0, 0.1) is 13.8 Å². The van der Waals surface area contributed by atoms with Gasteiger partial charge in [0, 0.05) is 16.5 Å². The summed E-state index contributed by atoms with van der Waals surface area (Å²) >= 11 is 7.41. The molecule has 66 valence electrons. The minimum atomic E-state index is 0.720. The molecular formula is C10H13ClS. The first-order valence-corrected chi connectivity index (χ1v) is 5.52. The fourth-order valence-electron chi connectivity index (χ4n) is 0.960. The molecular weight excluding hydrogens is 188 g/mol. The zero-order valence-electron chi connectivity index (χ0n) is 7.43. The summed E-state index contributed by atoms with van der Waals surface area (Å²) in [5.74, 6) is 1.71. The van der Waals surface area contributed by atoms with Crippen molar-refractivity contribution < 1.29 is 0 Å². The molecule has 0 aliphatic heterocycles. The number of benzene rings is 1. The van der Waals surface area contributed by atoms with E-state index in [0.717, 1.165) is 11.6 Å². The van der Waals surface area contributed by atoms with Crippen LogP contribution in [0.25, 0.3) is 0 Å². The zero-order valence-corrected chi connectivity index (χ0v) is 9.00. The summed E-state index contributed by atoms with van der Waals surface area (Å²) in [5, 5.41) is 0. The molecule has 0 nitrogen and oxygen atoms in total. The third-order valence-corrected chi connectivity index (χ3v) is 3.23. The largest absolute Gasteiger partial charge is 0.126 e. The Hall–Kier alpha value is -0.140. The fraction of sp³-hybridized carbons (Fsp3) is 0.400. The van der Waals surface area contributed by atoms with Gasteiger partial charge >= 0.3 is 0 Å². The normalized spacial score (nSPS) is 10.2. The first kappa shape index (κ1) is 9.94. The van der Waals surface area contributed by atoms with Crippen molar-refractivity contribution in [3.8, 4) is 0 Å². The minimum absolute atomic E-state index is 0.720. The molecule has 0 atom stereocenters. The van der Waals surface area contributed by atoms with Gasteiger partial charge in [0.15, 0.2) is 0 Å². The van der Waals surface area contributed by atoms with Crippen LogP contribution in [-0.2, 0) is 0 Å². The van der Waals surface area contributed by atoms with Crippen molar-refractivity contribution in [1.82, 2.24) is 0 Å². The van der Waals surface area contributed by atoms with E-state index in [9.17, 15) is 0 Å². The van der Waals surface area contributed by atoms with Gasteiger partial charge in [-0.1, -0.05) is 6.07 Å². The number of aryl methyl sites for hydroxylation is 2. The van der Waals surface area contributed by atoms with Gasteiger partial charge in [-0.15, -0.1) is 23.4 Å². The van der Waals surface area contributed by atoms with Crippen molar-refractivity contribution in [3.63, 3.8) is 0 Å². The van der Waals surface area contributed by atoms with Gasteiger partial charge in [0.1, 0.15) is 0 Å². The zero-order chi connectivity index (χ0) is 8.97. The highest BCUT2D eigenvalue weighted by atomic mass is 35.5. The van der Waals surface area contributed by atoms with Crippen molar-refractivity contribution in [3.05, 3.63) is 29.3 Å². The van der Waals surface area contributed by atoms with E-state index in [4.69, 9.17) is 11.6 Å². The molecule has 0 N–H and O–H groups in total. The average molecular weight is 201 g/mol. The van der Waals surface area contributed by atoms with E-state index in [1.165, 1.54) is 16.0 Å². The molecule has 0 saturated carbocycles. The lowest BCUT2D eigenvalue weighted by molar-refractivity contribution is 1.28. The smallest absolute Gasteiger partial charge is 0.0317 e. The molecule has 0 amide bonds. The first-order chi connectivity index (χ1) is 5.74. The van der Waals surface area contributed by atoms with Crippen LogP contribution in [0.5, 0.6) is 0 Å². The Morgan fingerprint density at radius 3 is 2.58 bits per heavy atom. The third kappa shape index (κ3) is 2.72. The van der Waals surface area contributed by atoms with Crippen LogP contribution in [-0.4, -0.2) is 11.6 Å². The molecule has 2 heteroatoms. The highest BCUT2D eigenvalue weighted by molar-refractivity contribution is 7.99. The van der Waals surface area contributed by atoms with Gasteiger partial charge in [-0.3, -0.25) is 0 Å². The summed E-state index contributed by atoms with van der Waals surface area (Å²) in [5.41, 5.74) is 2.71. The fourth-order valence-corrected chi connectivity index (χ4v) is 1.93. The van der Waals surface area contributed by atoms with Gasteiger partial charge in [0.05, 0.1) is 0 Å². The van der Waals surface area contributed by atoms with Crippen molar-refractivity contribution >= 4 is 23.4 Å². The predicted octanol–water partition coefficient (Wildman–Crippen LogP) is 3.63.